The Labute approximate surface area is 190 Å². The lowest BCUT2D eigenvalue weighted by Crippen LogP contribution is -2.28. The molecule has 8 nitrogen and oxygen atoms in total. The molecule has 0 fully saturated rings. The van der Waals surface area contributed by atoms with Crippen molar-refractivity contribution in [2.45, 2.75) is 13.0 Å². The van der Waals surface area contributed by atoms with Crippen LogP contribution in [0.3, 0.4) is 0 Å². The highest BCUT2D eigenvalue weighted by atomic mass is 35.5. The number of aliphatic hydroxyl groups is 1. The van der Waals surface area contributed by atoms with Crippen LogP contribution in [0.1, 0.15) is 6.92 Å². The van der Waals surface area contributed by atoms with E-state index in [2.05, 4.69) is 20.6 Å². The molecule has 0 bridgehead atoms. The normalized spacial score (nSPS) is 12.0. The van der Waals surface area contributed by atoms with Crippen LogP contribution in [-0.4, -0.2) is 61.2 Å². The van der Waals surface area contributed by atoms with Crippen molar-refractivity contribution >= 4 is 34.0 Å². The summed E-state index contributed by atoms with van der Waals surface area (Å²) < 4.78 is 30.3. The smallest absolute Gasteiger partial charge is 0.163 e. The van der Waals surface area contributed by atoms with Gasteiger partial charge in [0.05, 0.1) is 23.3 Å². The maximum absolute atomic E-state index is 13.5. The molecule has 3 aromatic rings. The highest BCUT2D eigenvalue weighted by Crippen LogP contribution is 2.35. The van der Waals surface area contributed by atoms with Crippen molar-refractivity contribution in [2.24, 2.45) is 0 Å². The van der Waals surface area contributed by atoms with E-state index in [1.54, 1.807) is 32.2 Å². The zero-order valence-electron chi connectivity index (χ0n) is 17.9. The van der Waals surface area contributed by atoms with E-state index in [0.29, 0.717) is 66.8 Å². The van der Waals surface area contributed by atoms with E-state index in [0.717, 1.165) is 0 Å². The van der Waals surface area contributed by atoms with Gasteiger partial charge in [-0.3, -0.25) is 0 Å². The SMILES string of the molecule is COCCOc1cc2ncnc(Nc3ccc(F)c(Cl)c3)c2cc1OCCNC[C@H](C)O. The lowest BCUT2D eigenvalue weighted by molar-refractivity contribution is 0.143. The molecular weight excluding hydrogens is 439 g/mol. The molecule has 0 saturated heterocycles. The quantitative estimate of drug-likeness (QED) is 0.350. The number of nitrogens with zero attached hydrogens (tertiary/aromatic N) is 2. The summed E-state index contributed by atoms with van der Waals surface area (Å²) >= 11 is 5.89. The first-order valence-corrected chi connectivity index (χ1v) is 10.5. The van der Waals surface area contributed by atoms with E-state index in [9.17, 15) is 9.50 Å². The van der Waals surface area contributed by atoms with E-state index in [1.165, 1.54) is 18.5 Å². The number of nitrogens with one attached hydrogen (secondary N) is 2. The minimum atomic E-state index is -0.498. The number of benzene rings is 2. The molecule has 1 aromatic heterocycles. The fraction of sp³-hybridized carbons (Fsp3) is 0.364. The van der Waals surface area contributed by atoms with E-state index in [1.807, 2.05) is 0 Å². The molecule has 0 spiro atoms. The number of hydrogen-bond donors (Lipinski definition) is 3. The average molecular weight is 465 g/mol. The first-order chi connectivity index (χ1) is 15.5. The minimum Gasteiger partial charge on any atom is -0.488 e. The van der Waals surface area contributed by atoms with Gasteiger partial charge >= 0.3 is 0 Å². The van der Waals surface area contributed by atoms with Crippen molar-refractivity contribution in [1.29, 1.82) is 0 Å². The van der Waals surface area contributed by atoms with E-state index >= 15 is 0 Å². The molecule has 2 aromatic carbocycles. The van der Waals surface area contributed by atoms with E-state index in [-0.39, 0.29) is 5.02 Å². The van der Waals surface area contributed by atoms with Crippen molar-refractivity contribution in [3.8, 4) is 11.5 Å². The molecule has 32 heavy (non-hydrogen) atoms. The molecule has 0 amide bonds. The van der Waals surface area contributed by atoms with Crippen LogP contribution in [-0.2, 0) is 4.74 Å². The summed E-state index contributed by atoms with van der Waals surface area (Å²) in [5.41, 5.74) is 1.23. The summed E-state index contributed by atoms with van der Waals surface area (Å²) in [6, 6.07) is 7.90. The molecule has 10 heteroatoms. The maximum Gasteiger partial charge on any atom is 0.163 e. The summed E-state index contributed by atoms with van der Waals surface area (Å²) in [5, 5.41) is 16.3. The van der Waals surface area contributed by atoms with Gasteiger partial charge in [0.2, 0.25) is 0 Å². The highest BCUT2D eigenvalue weighted by Gasteiger charge is 2.13. The first-order valence-electron chi connectivity index (χ1n) is 10.1. The molecule has 0 aliphatic carbocycles. The maximum atomic E-state index is 13.5. The minimum absolute atomic E-state index is 0.0101. The zero-order valence-corrected chi connectivity index (χ0v) is 18.7. The Morgan fingerprint density at radius 3 is 2.62 bits per heavy atom. The molecule has 0 aliphatic rings. The second-order valence-corrected chi connectivity index (χ2v) is 7.44. The number of hydrogen-bond acceptors (Lipinski definition) is 8. The van der Waals surface area contributed by atoms with Gasteiger partial charge in [-0.1, -0.05) is 11.6 Å². The van der Waals surface area contributed by atoms with Crippen molar-refractivity contribution in [1.82, 2.24) is 15.3 Å². The summed E-state index contributed by atoms with van der Waals surface area (Å²) in [7, 11) is 1.60. The fourth-order valence-corrected chi connectivity index (χ4v) is 3.06. The highest BCUT2D eigenvalue weighted by molar-refractivity contribution is 6.31. The van der Waals surface area contributed by atoms with Gasteiger partial charge in [-0.05, 0) is 31.2 Å². The van der Waals surface area contributed by atoms with Crippen LogP contribution in [0.4, 0.5) is 15.9 Å². The molecule has 0 unspecified atom stereocenters. The Hall–Kier alpha value is -2.72. The molecule has 0 radical (unpaired) electrons. The molecule has 1 heterocycles. The second kappa shape index (κ2) is 11.8. The predicted octanol–water partition coefficient (Wildman–Crippen LogP) is 3.54. The second-order valence-electron chi connectivity index (χ2n) is 7.04. The van der Waals surface area contributed by atoms with Crippen LogP contribution in [0, 0.1) is 5.82 Å². The van der Waals surface area contributed by atoms with Crippen LogP contribution in [0.2, 0.25) is 5.02 Å². The van der Waals surface area contributed by atoms with Gasteiger partial charge < -0.3 is 30.0 Å². The number of rotatable bonds is 12. The number of halogens is 2. The summed E-state index contributed by atoms with van der Waals surface area (Å²) in [6.45, 7) is 3.87. The van der Waals surface area contributed by atoms with E-state index < -0.39 is 11.9 Å². The van der Waals surface area contributed by atoms with Gasteiger partial charge in [-0.2, -0.15) is 0 Å². The molecule has 0 saturated carbocycles. The van der Waals surface area contributed by atoms with Gasteiger partial charge in [0.25, 0.3) is 0 Å². The van der Waals surface area contributed by atoms with Crippen LogP contribution in [0.5, 0.6) is 11.5 Å². The van der Waals surface area contributed by atoms with Gasteiger partial charge in [0.15, 0.2) is 11.5 Å². The third kappa shape index (κ3) is 6.64. The molecule has 3 N–H and O–H groups in total. The average Bonchev–Trinajstić information content (AvgIpc) is 2.76. The number of aliphatic hydroxyl groups excluding tert-OH is 1. The van der Waals surface area contributed by atoms with Crippen molar-refractivity contribution in [2.75, 3.05) is 45.3 Å². The standard InChI is InChI=1S/C22H26ClFN4O4/c1-14(29)12-25-5-6-31-20-10-16-19(11-21(20)32-8-7-30-2)26-13-27-22(16)28-15-3-4-18(24)17(23)9-15/h3-4,9-11,13-14,25,29H,5-8,12H2,1-2H3,(H,26,27,28)/t14-/m0/s1. The Balaban J connectivity index is 1.86. The van der Waals surface area contributed by atoms with Gasteiger partial charge in [0, 0.05) is 37.3 Å². The summed E-state index contributed by atoms with van der Waals surface area (Å²) in [4.78, 5) is 8.64. The third-order valence-electron chi connectivity index (χ3n) is 4.40. The lowest BCUT2D eigenvalue weighted by Gasteiger charge is -2.16. The first kappa shape index (κ1) is 23.9. The Morgan fingerprint density at radius 2 is 1.88 bits per heavy atom. The zero-order chi connectivity index (χ0) is 22.9. The van der Waals surface area contributed by atoms with Crippen LogP contribution < -0.4 is 20.1 Å². The topological polar surface area (TPSA) is 97.8 Å². The number of fused-ring (bicyclic) bond motifs is 1. The Kier molecular flexibility index (Phi) is 8.81. The van der Waals surface area contributed by atoms with Crippen LogP contribution in [0.15, 0.2) is 36.7 Å². The molecule has 172 valence electrons. The van der Waals surface area contributed by atoms with Crippen molar-refractivity contribution in [3.63, 3.8) is 0 Å². The largest absolute Gasteiger partial charge is 0.488 e. The van der Waals surface area contributed by atoms with Gasteiger partial charge in [0.1, 0.15) is 31.2 Å². The van der Waals surface area contributed by atoms with Crippen molar-refractivity contribution < 1.29 is 23.7 Å². The molecular formula is C22H26ClFN4O4. The van der Waals surface area contributed by atoms with Crippen LogP contribution >= 0.6 is 11.6 Å². The summed E-state index contributed by atoms with van der Waals surface area (Å²) in [6.07, 6.45) is 0.990. The van der Waals surface area contributed by atoms with Gasteiger partial charge in [-0.15, -0.1) is 0 Å². The van der Waals surface area contributed by atoms with E-state index in [4.69, 9.17) is 25.8 Å². The monoisotopic (exact) mass is 464 g/mol. The number of ether oxygens (including phenoxy) is 3. The molecule has 1 atom stereocenters. The predicted molar refractivity (Wildman–Crippen MR) is 122 cm³/mol. The van der Waals surface area contributed by atoms with Gasteiger partial charge in [-0.25, -0.2) is 14.4 Å². The Bertz CT molecular complexity index is 1040. The fourth-order valence-electron chi connectivity index (χ4n) is 2.88. The molecule has 3 rings (SSSR count). The number of anilines is 2. The third-order valence-corrected chi connectivity index (χ3v) is 4.69. The van der Waals surface area contributed by atoms with Crippen molar-refractivity contribution in [3.05, 3.63) is 47.5 Å². The van der Waals surface area contributed by atoms with Crippen LogP contribution in [0.25, 0.3) is 10.9 Å². The number of methoxy groups -OCH3 is 1. The lowest BCUT2D eigenvalue weighted by atomic mass is 10.2. The Morgan fingerprint density at radius 1 is 1.09 bits per heavy atom. The number of aromatic nitrogens is 2. The molecule has 0 aliphatic heterocycles. The summed E-state index contributed by atoms with van der Waals surface area (Å²) in [5.74, 6) is 1.06.